The number of rotatable bonds is 4. The van der Waals surface area contributed by atoms with Gasteiger partial charge in [-0.2, -0.15) is 13.2 Å². The van der Waals surface area contributed by atoms with Crippen molar-refractivity contribution in [3.8, 4) is 0 Å². The molecule has 1 amide bonds. The highest BCUT2D eigenvalue weighted by atomic mass is 19.4. The van der Waals surface area contributed by atoms with E-state index in [1.54, 1.807) is 0 Å². The third-order valence-corrected chi connectivity index (χ3v) is 1.91. The Morgan fingerprint density at radius 3 is 2.44 bits per heavy atom. The van der Waals surface area contributed by atoms with Gasteiger partial charge in [0, 0.05) is 12.6 Å². The summed E-state index contributed by atoms with van der Waals surface area (Å²) in [6.45, 7) is 0. The quantitative estimate of drug-likeness (QED) is 0.870. The number of carbonyl (C=O) groups is 2. The number of amides is 1. The van der Waals surface area contributed by atoms with E-state index >= 15 is 0 Å². The van der Waals surface area contributed by atoms with Gasteiger partial charge in [-0.1, -0.05) is 0 Å². The lowest BCUT2D eigenvalue weighted by atomic mass is 10.2. The molecule has 1 rings (SSSR count). The highest BCUT2D eigenvalue weighted by molar-refractivity contribution is 5.91. The molecule has 0 saturated carbocycles. The Bertz CT molecular complexity index is 443. The molecule has 0 fully saturated rings. The van der Waals surface area contributed by atoms with Gasteiger partial charge < -0.3 is 10.4 Å². The van der Waals surface area contributed by atoms with Crippen LogP contribution in [-0.2, 0) is 4.79 Å². The molecular formula is C10H9F3N2O3. The number of halogens is 3. The van der Waals surface area contributed by atoms with Crippen LogP contribution in [0.2, 0.25) is 0 Å². The molecule has 1 aromatic rings. The first-order valence-electron chi connectivity index (χ1n) is 4.84. The van der Waals surface area contributed by atoms with Gasteiger partial charge in [0.1, 0.15) is 5.82 Å². The molecule has 0 saturated heterocycles. The van der Waals surface area contributed by atoms with Gasteiger partial charge in [0.25, 0.3) is 0 Å². The first-order valence-corrected chi connectivity index (χ1v) is 4.84. The maximum atomic E-state index is 11.8. The molecule has 0 aromatic carbocycles. The fourth-order valence-electron chi connectivity index (χ4n) is 1.05. The van der Waals surface area contributed by atoms with Crippen LogP contribution in [0.5, 0.6) is 0 Å². The van der Waals surface area contributed by atoms with Crippen molar-refractivity contribution in [3.05, 3.63) is 23.9 Å². The fraction of sp³-hybridized carbons (Fsp3) is 0.300. The van der Waals surface area contributed by atoms with E-state index in [1.807, 2.05) is 0 Å². The van der Waals surface area contributed by atoms with Gasteiger partial charge >= 0.3 is 12.1 Å². The number of aromatic nitrogens is 1. The molecular weight excluding hydrogens is 253 g/mol. The van der Waals surface area contributed by atoms with Crippen LogP contribution in [0.4, 0.5) is 19.0 Å². The molecule has 18 heavy (non-hydrogen) atoms. The second-order valence-electron chi connectivity index (χ2n) is 3.40. The van der Waals surface area contributed by atoms with Crippen LogP contribution in [0.15, 0.2) is 18.3 Å². The number of pyridine rings is 1. The summed E-state index contributed by atoms with van der Waals surface area (Å²) in [6.07, 6.45) is -5.31. The highest BCUT2D eigenvalue weighted by Gasteiger charge is 2.27. The van der Waals surface area contributed by atoms with Crippen molar-refractivity contribution in [2.24, 2.45) is 0 Å². The van der Waals surface area contributed by atoms with Gasteiger partial charge in [-0.05, 0) is 12.1 Å². The van der Waals surface area contributed by atoms with E-state index in [4.69, 9.17) is 5.11 Å². The first kappa shape index (κ1) is 13.9. The van der Waals surface area contributed by atoms with Crippen LogP contribution in [0, 0.1) is 0 Å². The predicted octanol–water partition coefficient (Wildman–Crippen LogP) is 2.06. The molecule has 0 bridgehead atoms. The zero-order chi connectivity index (χ0) is 13.8. The number of carboxylic acid groups (broad SMARTS) is 1. The molecule has 2 N–H and O–H groups in total. The number of hydrogen-bond acceptors (Lipinski definition) is 3. The van der Waals surface area contributed by atoms with Crippen molar-refractivity contribution in [1.82, 2.24) is 4.98 Å². The molecule has 1 aromatic heterocycles. The molecule has 0 aliphatic rings. The van der Waals surface area contributed by atoms with E-state index in [9.17, 15) is 22.8 Å². The average molecular weight is 262 g/mol. The van der Waals surface area contributed by atoms with Gasteiger partial charge in [0.05, 0.1) is 12.0 Å². The van der Waals surface area contributed by atoms with Gasteiger partial charge in [-0.15, -0.1) is 0 Å². The first-order chi connectivity index (χ1) is 8.28. The smallest absolute Gasteiger partial charge is 0.389 e. The Kier molecular flexibility index (Phi) is 4.24. The van der Waals surface area contributed by atoms with Crippen LogP contribution in [0.3, 0.4) is 0 Å². The lowest BCUT2D eigenvalue weighted by molar-refractivity contribution is -0.142. The number of nitrogens with zero attached hydrogens (tertiary/aromatic N) is 1. The molecule has 0 unspecified atom stereocenters. The second-order valence-corrected chi connectivity index (χ2v) is 3.40. The second kappa shape index (κ2) is 5.48. The molecule has 0 aliphatic heterocycles. The van der Waals surface area contributed by atoms with E-state index in [1.165, 1.54) is 12.1 Å². The summed E-state index contributed by atoms with van der Waals surface area (Å²) in [5.74, 6) is -2.01. The Balaban J connectivity index is 2.52. The van der Waals surface area contributed by atoms with Gasteiger partial charge in [0.15, 0.2) is 0 Å². The van der Waals surface area contributed by atoms with E-state index in [-0.39, 0.29) is 11.4 Å². The summed E-state index contributed by atoms with van der Waals surface area (Å²) >= 11 is 0. The zero-order valence-electron chi connectivity index (χ0n) is 8.99. The van der Waals surface area contributed by atoms with Crippen molar-refractivity contribution >= 4 is 17.7 Å². The van der Waals surface area contributed by atoms with Crippen LogP contribution < -0.4 is 5.32 Å². The number of aromatic carboxylic acids is 1. The molecule has 0 atom stereocenters. The monoisotopic (exact) mass is 262 g/mol. The molecule has 1 heterocycles. The lowest BCUT2D eigenvalue weighted by Crippen LogP contribution is -2.17. The van der Waals surface area contributed by atoms with Gasteiger partial charge in [-0.25, -0.2) is 9.78 Å². The van der Waals surface area contributed by atoms with Crippen LogP contribution in [0.25, 0.3) is 0 Å². The number of nitrogens with one attached hydrogen (secondary N) is 1. The Morgan fingerprint density at radius 1 is 1.33 bits per heavy atom. The number of anilines is 1. The van der Waals surface area contributed by atoms with Crippen LogP contribution >= 0.6 is 0 Å². The number of carbonyl (C=O) groups excluding carboxylic acids is 1. The van der Waals surface area contributed by atoms with Crippen molar-refractivity contribution in [2.75, 3.05) is 5.32 Å². The number of alkyl halides is 3. The fourth-order valence-corrected chi connectivity index (χ4v) is 1.05. The SMILES string of the molecule is O=C(CCC(F)(F)F)Nc1ccc(C(=O)O)cn1. The summed E-state index contributed by atoms with van der Waals surface area (Å²) in [7, 11) is 0. The third kappa shape index (κ3) is 4.81. The highest BCUT2D eigenvalue weighted by Crippen LogP contribution is 2.21. The largest absolute Gasteiger partial charge is 0.478 e. The summed E-state index contributed by atoms with van der Waals surface area (Å²) in [5.41, 5.74) is -0.0803. The third-order valence-electron chi connectivity index (χ3n) is 1.91. The normalized spacial score (nSPS) is 11.1. The lowest BCUT2D eigenvalue weighted by Gasteiger charge is -2.06. The van der Waals surface area contributed by atoms with E-state index in [0.29, 0.717) is 0 Å². The molecule has 0 spiro atoms. The predicted molar refractivity (Wildman–Crippen MR) is 55.1 cm³/mol. The zero-order valence-corrected chi connectivity index (χ0v) is 8.99. The van der Waals surface area contributed by atoms with Crippen molar-refractivity contribution in [1.29, 1.82) is 0 Å². The van der Waals surface area contributed by atoms with Crippen LogP contribution in [0.1, 0.15) is 23.2 Å². The maximum Gasteiger partial charge on any atom is 0.389 e. The minimum atomic E-state index is -4.39. The molecule has 0 radical (unpaired) electrons. The van der Waals surface area contributed by atoms with Crippen molar-refractivity contribution < 1.29 is 27.9 Å². The standard InChI is InChI=1S/C10H9F3N2O3/c11-10(12,13)4-3-8(16)15-7-2-1-6(5-14-7)9(17)18/h1-2,5H,3-4H2,(H,17,18)(H,14,15,16). The Hall–Kier alpha value is -2.12. The number of carboxylic acids is 1. The van der Waals surface area contributed by atoms with Gasteiger partial charge in [0.2, 0.25) is 5.91 Å². The van der Waals surface area contributed by atoms with E-state index in [0.717, 1.165) is 6.20 Å². The summed E-state index contributed by atoms with van der Waals surface area (Å²) in [4.78, 5) is 25.2. The molecule has 8 heteroatoms. The maximum absolute atomic E-state index is 11.8. The average Bonchev–Trinajstić information content (AvgIpc) is 2.26. The molecule has 0 aliphatic carbocycles. The van der Waals surface area contributed by atoms with Crippen LogP contribution in [-0.4, -0.2) is 28.1 Å². The summed E-state index contributed by atoms with van der Waals surface area (Å²) in [5, 5.41) is 10.7. The summed E-state index contributed by atoms with van der Waals surface area (Å²) in [6, 6.07) is 2.39. The number of hydrogen-bond donors (Lipinski definition) is 2. The minimum absolute atomic E-state index is 0.00664. The Labute approximate surface area is 99.6 Å². The molecule has 98 valence electrons. The topological polar surface area (TPSA) is 79.3 Å². The summed E-state index contributed by atoms with van der Waals surface area (Å²) < 4.78 is 35.5. The van der Waals surface area contributed by atoms with E-state index < -0.39 is 30.9 Å². The van der Waals surface area contributed by atoms with E-state index in [2.05, 4.69) is 10.3 Å². The van der Waals surface area contributed by atoms with Crippen molar-refractivity contribution in [2.45, 2.75) is 19.0 Å². The minimum Gasteiger partial charge on any atom is -0.478 e. The molecule has 5 nitrogen and oxygen atoms in total. The van der Waals surface area contributed by atoms with Gasteiger partial charge in [-0.3, -0.25) is 4.79 Å². The Morgan fingerprint density at radius 2 is 2.00 bits per heavy atom. The van der Waals surface area contributed by atoms with Crippen molar-refractivity contribution in [3.63, 3.8) is 0 Å².